The van der Waals surface area contributed by atoms with Gasteiger partial charge in [0.25, 0.3) is 5.91 Å². The number of anilines is 1. The Kier molecular flexibility index (Phi) is 9.63. The average Bonchev–Trinajstić information content (AvgIpc) is 3.42. The van der Waals surface area contributed by atoms with Crippen LogP contribution in [0.5, 0.6) is 5.75 Å². The Labute approximate surface area is 236 Å². The van der Waals surface area contributed by atoms with Gasteiger partial charge in [-0.25, -0.2) is 13.8 Å². The molecular weight excluding hydrogens is 534 g/mol. The normalized spacial score (nSPS) is 14.7. The molecule has 0 atom stereocenters. The third-order valence-corrected chi connectivity index (χ3v) is 6.88. The topological polar surface area (TPSA) is 69.7 Å². The zero-order valence-electron chi connectivity index (χ0n) is 22.9. The Hall–Kier alpha value is -3.66. The fourth-order valence-electron chi connectivity index (χ4n) is 3.92. The van der Waals surface area contributed by atoms with Crippen LogP contribution in [0.1, 0.15) is 55.5 Å². The van der Waals surface area contributed by atoms with Crippen molar-refractivity contribution in [2.75, 3.05) is 18.5 Å². The maximum atomic E-state index is 15.4. The number of aromatic nitrogens is 1. The van der Waals surface area contributed by atoms with E-state index in [2.05, 4.69) is 10.3 Å². The number of halogens is 2. The summed E-state index contributed by atoms with van der Waals surface area (Å²) < 4.78 is 46.3. The molecule has 210 valence electrons. The van der Waals surface area contributed by atoms with Gasteiger partial charge in [-0.2, -0.15) is 0 Å². The number of carbonyl (C=O) groups excluding carboxylic acids is 1. The molecule has 6 nitrogen and oxygen atoms in total. The first-order valence-electron chi connectivity index (χ1n) is 13.0. The minimum absolute atomic E-state index is 0.0250. The molecule has 4 aromatic rings. The molecule has 1 amide bonds. The van der Waals surface area contributed by atoms with E-state index in [0.29, 0.717) is 23.9 Å². The quantitative estimate of drug-likeness (QED) is 0.245. The van der Waals surface area contributed by atoms with Gasteiger partial charge in [0, 0.05) is 17.2 Å². The van der Waals surface area contributed by atoms with Gasteiger partial charge in [-0.15, -0.1) is 0 Å². The first-order chi connectivity index (χ1) is 19.3. The second-order valence-electron chi connectivity index (χ2n) is 9.76. The number of rotatable bonds is 7. The second-order valence-corrected chi connectivity index (χ2v) is 10.8. The summed E-state index contributed by atoms with van der Waals surface area (Å²) >= 11 is 1.23. The molecule has 1 aliphatic rings. The maximum Gasteiger partial charge on any atom is 0.257 e. The van der Waals surface area contributed by atoms with Crippen molar-refractivity contribution in [3.05, 3.63) is 101 Å². The van der Waals surface area contributed by atoms with Crippen molar-refractivity contribution in [1.29, 1.82) is 0 Å². The minimum Gasteiger partial charge on any atom is -0.485 e. The Balaban J connectivity index is 0.00000181. The minimum atomic E-state index is -0.888. The molecule has 0 aliphatic carbocycles. The van der Waals surface area contributed by atoms with Crippen LogP contribution in [0, 0.1) is 17.0 Å². The highest BCUT2D eigenvalue weighted by atomic mass is 32.1. The Morgan fingerprint density at radius 2 is 1.73 bits per heavy atom. The maximum absolute atomic E-state index is 15.4. The van der Waals surface area contributed by atoms with E-state index >= 15 is 4.39 Å². The summed E-state index contributed by atoms with van der Waals surface area (Å²) in [5, 5.41) is 3.04. The summed E-state index contributed by atoms with van der Waals surface area (Å²) in [5.74, 6) is -1.61. The van der Waals surface area contributed by atoms with Crippen LogP contribution < -0.4 is 10.1 Å². The zero-order valence-corrected chi connectivity index (χ0v) is 23.7. The summed E-state index contributed by atoms with van der Waals surface area (Å²) in [4.78, 5) is 18.1. The summed E-state index contributed by atoms with van der Waals surface area (Å²) in [6.07, 6.45) is 0.701. The molecule has 0 unspecified atom stereocenters. The SMILES string of the molecule is CC.CC1(C)COC(c2cc(C(=O)Nc3ncc(-c4ccc(F)cc4)s3)cc(F)c2OCc2ccccc2)OC1. The van der Waals surface area contributed by atoms with Crippen molar-refractivity contribution in [2.45, 2.75) is 40.6 Å². The molecule has 1 aromatic heterocycles. The lowest BCUT2D eigenvalue weighted by molar-refractivity contribution is -0.226. The molecule has 0 spiro atoms. The van der Waals surface area contributed by atoms with E-state index in [1.54, 1.807) is 18.3 Å². The van der Waals surface area contributed by atoms with Crippen molar-refractivity contribution < 1.29 is 27.8 Å². The van der Waals surface area contributed by atoms with Crippen molar-refractivity contribution in [3.8, 4) is 16.2 Å². The molecule has 1 N–H and O–H groups in total. The third-order valence-electron chi connectivity index (χ3n) is 5.92. The highest BCUT2D eigenvalue weighted by Gasteiger charge is 2.32. The van der Waals surface area contributed by atoms with E-state index in [9.17, 15) is 9.18 Å². The lowest BCUT2D eigenvalue weighted by Gasteiger charge is -2.35. The van der Waals surface area contributed by atoms with Crippen molar-refractivity contribution >= 4 is 22.4 Å². The Morgan fingerprint density at radius 1 is 1.05 bits per heavy atom. The van der Waals surface area contributed by atoms with Gasteiger partial charge in [0.2, 0.25) is 0 Å². The van der Waals surface area contributed by atoms with Crippen LogP contribution in [0.2, 0.25) is 0 Å². The molecule has 0 radical (unpaired) electrons. The van der Waals surface area contributed by atoms with E-state index in [1.807, 2.05) is 58.0 Å². The van der Waals surface area contributed by atoms with E-state index in [0.717, 1.165) is 22.1 Å². The van der Waals surface area contributed by atoms with Crippen LogP contribution in [-0.4, -0.2) is 24.1 Å². The number of hydrogen-bond donors (Lipinski definition) is 1. The van der Waals surface area contributed by atoms with Crippen molar-refractivity contribution in [1.82, 2.24) is 4.98 Å². The predicted octanol–water partition coefficient (Wildman–Crippen LogP) is 8.02. The smallest absolute Gasteiger partial charge is 0.257 e. The molecule has 1 fully saturated rings. The number of nitrogens with zero attached hydrogens (tertiary/aromatic N) is 1. The molecule has 0 bridgehead atoms. The van der Waals surface area contributed by atoms with E-state index in [-0.39, 0.29) is 29.2 Å². The van der Waals surface area contributed by atoms with Gasteiger partial charge in [-0.05, 0) is 35.4 Å². The second kappa shape index (κ2) is 13.1. The Bertz CT molecular complexity index is 1420. The molecule has 2 heterocycles. The number of ether oxygens (including phenoxy) is 3. The summed E-state index contributed by atoms with van der Waals surface area (Å²) in [6.45, 7) is 8.96. The van der Waals surface area contributed by atoms with Gasteiger partial charge in [-0.3, -0.25) is 10.1 Å². The van der Waals surface area contributed by atoms with Crippen LogP contribution in [0.3, 0.4) is 0 Å². The number of carbonyl (C=O) groups is 1. The van der Waals surface area contributed by atoms with Crippen LogP contribution in [0.15, 0.2) is 72.9 Å². The van der Waals surface area contributed by atoms with Gasteiger partial charge in [0.1, 0.15) is 12.4 Å². The van der Waals surface area contributed by atoms with Crippen LogP contribution in [0.25, 0.3) is 10.4 Å². The first kappa shape index (κ1) is 29.3. The van der Waals surface area contributed by atoms with Gasteiger partial charge in [0.05, 0.1) is 23.7 Å². The number of nitrogens with one attached hydrogen (secondary N) is 1. The van der Waals surface area contributed by atoms with Crippen molar-refractivity contribution in [3.63, 3.8) is 0 Å². The van der Waals surface area contributed by atoms with Crippen LogP contribution in [-0.2, 0) is 16.1 Å². The fourth-order valence-corrected chi connectivity index (χ4v) is 4.74. The molecule has 9 heteroatoms. The molecule has 3 aromatic carbocycles. The highest BCUT2D eigenvalue weighted by molar-refractivity contribution is 7.19. The first-order valence-corrected chi connectivity index (χ1v) is 13.9. The predicted molar refractivity (Wildman–Crippen MR) is 152 cm³/mol. The number of benzene rings is 3. The molecule has 1 aliphatic heterocycles. The third kappa shape index (κ3) is 7.29. The summed E-state index contributed by atoms with van der Waals surface area (Å²) in [6, 6.07) is 18.0. The number of amides is 1. The van der Waals surface area contributed by atoms with Crippen LogP contribution >= 0.6 is 11.3 Å². The van der Waals surface area contributed by atoms with E-state index in [4.69, 9.17) is 14.2 Å². The standard InChI is InChI=1S/C29H26F2N2O4S.C2H6/c1-29(2)16-36-27(37-17-29)22-12-20(13-23(31)25(22)35-15-18-6-4-3-5-7-18)26(34)33-28-32-14-24(38-28)19-8-10-21(30)11-9-19;1-2/h3-14,27H,15-17H2,1-2H3,(H,32,33,34);1-2H3. The van der Waals surface area contributed by atoms with Gasteiger partial charge < -0.3 is 14.2 Å². The lowest BCUT2D eigenvalue weighted by atomic mass is 9.95. The fraction of sp³-hybridized carbons (Fsp3) is 0.290. The summed E-state index contributed by atoms with van der Waals surface area (Å²) in [5.41, 5.74) is 1.81. The van der Waals surface area contributed by atoms with Crippen LogP contribution in [0.4, 0.5) is 13.9 Å². The molecule has 40 heavy (non-hydrogen) atoms. The summed E-state index contributed by atoms with van der Waals surface area (Å²) in [7, 11) is 0. The van der Waals surface area contributed by atoms with E-state index in [1.165, 1.54) is 29.5 Å². The monoisotopic (exact) mass is 566 g/mol. The molecular formula is C31H32F2N2O4S. The zero-order chi connectivity index (χ0) is 28.7. The average molecular weight is 567 g/mol. The number of thiazole rings is 1. The molecule has 0 saturated carbocycles. The van der Waals surface area contributed by atoms with Gasteiger partial charge in [0.15, 0.2) is 23.0 Å². The van der Waals surface area contributed by atoms with E-state index < -0.39 is 18.0 Å². The van der Waals surface area contributed by atoms with Crippen molar-refractivity contribution in [2.24, 2.45) is 5.41 Å². The Morgan fingerprint density at radius 3 is 2.40 bits per heavy atom. The lowest BCUT2D eigenvalue weighted by Crippen LogP contribution is -2.34. The molecule has 1 saturated heterocycles. The largest absolute Gasteiger partial charge is 0.485 e. The van der Waals surface area contributed by atoms with Gasteiger partial charge in [-0.1, -0.05) is 81.5 Å². The number of hydrogen-bond acceptors (Lipinski definition) is 6. The molecule has 5 rings (SSSR count). The van der Waals surface area contributed by atoms with Gasteiger partial charge >= 0.3 is 0 Å². The highest BCUT2D eigenvalue weighted by Crippen LogP contribution is 2.38.